The average molecular weight is 393 g/mol. The molecule has 7 heteroatoms. The first-order valence-electron chi connectivity index (χ1n) is 9.71. The highest BCUT2D eigenvalue weighted by molar-refractivity contribution is 5.69. The topological polar surface area (TPSA) is 63.2 Å². The molecular weight excluding hydrogens is 369 g/mol. The lowest BCUT2D eigenvalue weighted by Gasteiger charge is -2.35. The Labute approximate surface area is 169 Å². The van der Waals surface area contributed by atoms with E-state index < -0.39 is 5.95 Å². The monoisotopic (exact) mass is 393 g/mol. The Morgan fingerprint density at radius 1 is 1.03 bits per heavy atom. The van der Waals surface area contributed by atoms with E-state index in [0.717, 1.165) is 11.1 Å². The van der Waals surface area contributed by atoms with Crippen LogP contribution in [0.5, 0.6) is 0 Å². The minimum absolute atomic E-state index is 0.104. The van der Waals surface area contributed by atoms with Gasteiger partial charge < -0.3 is 15.0 Å². The van der Waals surface area contributed by atoms with E-state index in [0.29, 0.717) is 24.9 Å². The van der Waals surface area contributed by atoms with Crippen molar-refractivity contribution in [1.29, 1.82) is 0 Å². The van der Waals surface area contributed by atoms with E-state index in [1.807, 2.05) is 45.0 Å². The fraction of sp³-hybridized carbons (Fsp3) is 0.318. The molecule has 150 valence electrons. The van der Waals surface area contributed by atoms with Gasteiger partial charge >= 0.3 is 0 Å². The number of halogens is 1. The van der Waals surface area contributed by atoms with E-state index in [1.165, 1.54) is 11.8 Å². The summed E-state index contributed by atoms with van der Waals surface area (Å²) in [5.41, 5.74) is 3.25. The van der Waals surface area contributed by atoms with Gasteiger partial charge in [0, 0.05) is 31.0 Å². The quantitative estimate of drug-likeness (QED) is 0.665. The Morgan fingerprint density at radius 2 is 1.76 bits per heavy atom. The van der Waals surface area contributed by atoms with Gasteiger partial charge in [0.15, 0.2) is 0 Å². The maximum Gasteiger partial charge on any atom is 0.236 e. The van der Waals surface area contributed by atoms with Crippen molar-refractivity contribution in [1.82, 2.24) is 15.0 Å². The highest BCUT2D eigenvalue weighted by Crippen LogP contribution is 2.26. The van der Waals surface area contributed by atoms with Crippen molar-refractivity contribution in [2.75, 3.05) is 23.3 Å². The van der Waals surface area contributed by atoms with E-state index in [4.69, 9.17) is 4.74 Å². The van der Waals surface area contributed by atoms with Crippen LogP contribution in [0.3, 0.4) is 0 Å². The lowest BCUT2D eigenvalue weighted by Crippen LogP contribution is -2.46. The largest absolute Gasteiger partial charge is 0.372 e. The molecule has 1 saturated heterocycles. The maximum atomic E-state index is 14.3. The molecule has 3 aromatic rings. The number of benzene rings is 1. The lowest BCUT2D eigenvalue weighted by molar-refractivity contribution is -0.00571. The highest BCUT2D eigenvalue weighted by Gasteiger charge is 2.24. The van der Waals surface area contributed by atoms with Crippen LogP contribution in [0.15, 0.2) is 48.8 Å². The summed E-state index contributed by atoms with van der Waals surface area (Å²) in [6.07, 6.45) is 3.41. The summed E-state index contributed by atoms with van der Waals surface area (Å²) in [4.78, 5) is 14.9. The average Bonchev–Trinajstić information content (AvgIpc) is 2.70. The van der Waals surface area contributed by atoms with Gasteiger partial charge in [-0.15, -0.1) is 0 Å². The highest BCUT2D eigenvalue weighted by atomic mass is 19.1. The number of nitrogens with one attached hydrogen (secondary N) is 1. The van der Waals surface area contributed by atoms with Crippen molar-refractivity contribution in [2.45, 2.75) is 33.0 Å². The molecule has 1 fully saturated rings. The fourth-order valence-corrected chi connectivity index (χ4v) is 3.49. The molecule has 2 atom stereocenters. The zero-order valence-corrected chi connectivity index (χ0v) is 16.8. The Morgan fingerprint density at radius 3 is 2.48 bits per heavy atom. The summed E-state index contributed by atoms with van der Waals surface area (Å²) in [5, 5.41) is 3.05. The first-order chi connectivity index (χ1) is 14.0. The van der Waals surface area contributed by atoms with Gasteiger partial charge in [0.25, 0.3) is 0 Å². The first-order valence-corrected chi connectivity index (χ1v) is 9.71. The summed E-state index contributed by atoms with van der Waals surface area (Å²) in [5.74, 6) is 0.540. The van der Waals surface area contributed by atoms with Crippen molar-refractivity contribution >= 4 is 17.5 Å². The number of hydrogen-bond acceptors (Lipinski definition) is 6. The summed E-state index contributed by atoms with van der Waals surface area (Å²) in [6.45, 7) is 7.52. The van der Waals surface area contributed by atoms with Crippen molar-refractivity contribution < 1.29 is 9.13 Å². The van der Waals surface area contributed by atoms with Crippen LogP contribution in [0.2, 0.25) is 0 Å². The predicted molar refractivity (Wildman–Crippen MR) is 112 cm³/mol. The molecule has 0 bridgehead atoms. The molecule has 0 saturated carbocycles. The van der Waals surface area contributed by atoms with Gasteiger partial charge in [-0.3, -0.25) is 0 Å². The second kappa shape index (κ2) is 8.13. The number of aryl methyl sites for hydroxylation is 1. The first kappa shape index (κ1) is 19.3. The fourth-order valence-electron chi connectivity index (χ4n) is 3.49. The van der Waals surface area contributed by atoms with Crippen LogP contribution in [0, 0.1) is 12.9 Å². The molecule has 1 N–H and O–H groups in total. The smallest absolute Gasteiger partial charge is 0.236 e. The van der Waals surface area contributed by atoms with Gasteiger partial charge in [-0.1, -0.05) is 29.8 Å². The summed E-state index contributed by atoms with van der Waals surface area (Å²) >= 11 is 0. The molecule has 0 unspecified atom stereocenters. The maximum absolute atomic E-state index is 14.3. The standard InChI is InChI=1S/C22H24FN5O/c1-14-4-6-17(7-5-14)18-10-19(21(23)25-11-18)26-20-8-9-24-22(27-20)28-12-15(2)29-16(3)13-28/h4-11,15-16H,12-13H2,1-3H3,(H,24,26,27)/t15-,16-/m1/s1. The van der Waals surface area contributed by atoms with Crippen LogP contribution in [-0.4, -0.2) is 40.2 Å². The van der Waals surface area contributed by atoms with Gasteiger partial charge in [-0.25, -0.2) is 9.97 Å². The van der Waals surface area contributed by atoms with Crippen LogP contribution in [-0.2, 0) is 4.74 Å². The third-order valence-corrected chi connectivity index (χ3v) is 4.83. The Hall–Kier alpha value is -3.06. The second-order valence-corrected chi connectivity index (χ2v) is 7.46. The molecule has 1 aliphatic heterocycles. The lowest BCUT2D eigenvalue weighted by atomic mass is 10.1. The number of aromatic nitrogens is 3. The van der Waals surface area contributed by atoms with Crippen molar-refractivity contribution in [3.63, 3.8) is 0 Å². The number of ether oxygens (including phenoxy) is 1. The van der Waals surface area contributed by atoms with Gasteiger partial charge in [0.2, 0.25) is 11.9 Å². The second-order valence-electron chi connectivity index (χ2n) is 7.46. The number of hydrogen-bond donors (Lipinski definition) is 1. The minimum Gasteiger partial charge on any atom is -0.372 e. The molecule has 0 aliphatic carbocycles. The third-order valence-electron chi connectivity index (χ3n) is 4.83. The SMILES string of the molecule is Cc1ccc(-c2cnc(F)c(Nc3ccnc(N4C[C@@H](C)O[C@H](C)C4)n3)c2)cc1. The molecule has 0 spiro atoms. The number of pyridine rings is 1. The third kappa shape index (κ3) is 4.51. The summed E-state index contributed by atoms with van der Waals surface area (Å²) in [7, 11) is 0. The molecule has 29 heavy (non-hydrogen) atoms. The zero-order chi connectivity index (χ0) is 20.4. The van der Waals surface area contributed by atoms with Crippen molar-refractivity contribution in [3.05, 3.63) is 60.3 Å². The van der Waals surface area contributed by atoms with Crippen LogP contribution < -0.4 is 10.2 Å². The molecular formula is C22H24FN5O. The molecule has 1 aliphatic rings. The van der Waals surface area contributed by atoms with Gasteiger partial charge in [-0.2, -0.15) is 9.37 Å². The van der Waals surface area contributed by atoms with Gasteiger partial charge in [0.1, 0.15) is 5.82 Å². The van der Waals surface area contributed by atoms with Gasteiger partial charge in [-0.05, 0) is 38.5 Å². The van der Waals surface area contributed by atoms with E-state index in [1.54, 1.807) is 18.3 Å². The normalized spacial score (nSPS) is 19.2. The van der Waals surface area contributed by atoms with Crippen LogP contribution >= 0.6 is 0 Å². The molecule has 0 radical (unpaired) electrons. The molecule has 0 amide bonds. The van der Waals surface area contributed by atoms with E-state index in [-0.39, 0.29) is 17.9 Å². The van der Waals surface area contributed by atoms with E-state index in [9.17, 15) is 4.39 Å². The minimum atomic E-state index is -0.574. The number of nitrogens with zero attached hydrogens (tertiary/aromatic N) is 4. The van der Waals surface area contributed by atoms with Crippen LogP contribution in [0.4, 0.5) is 21.8 Å². The Balaban J connectivity index is 1.58. The van der Waals surface area contributed by atoms with Crippen molar-refractivity contribution in [2.24, 2.45) is 0 Å². The van der Waals surface area contributed by atoms with E-state index >= 15 is 0 Å². The zero-order valence-electron chi connectivity index (χ0n) is 16.8. The van der Waals surface area contributed by atoms with E-state index in [2.05, 4.69) is 25.2 Å². The van der Waals surface area contributed by atoms with Crippen LogP contribution in [0.1, 0.15) is 19.4 Å². The number of rotatable bonds is 4. The summed E-state index contributed by atoms with van der Waals surface area (Å²) in [6, 6.07) is 11.5. The number of anilines is 3. The summed E-state index contributed by atoms with van der Waals surface area (Å²) < 4.78 is 20.1. The predicted octanol–water partition coefficient (Wildman–Crippen LogP) is 4.34. The Bertz CT molecular complexity index is 985. The van der Waals surface area contributed by atoms with Crippen molar-refractivity contribution in [3.8, 4) is 11.1 Å². The number of morpholine rings is 1. The molecule has 4 rings (SSSR count). The van der Waals surface area contributed by atoms with Gasteiger partial charge in [0.05, 0.1) is 17.9 Å². The molecule has 6 nitrogen and oxygen atoms in total. The Kier molecular flexibility index (Phi) is 5.40. The molecule has 1 aromatic carbocycles. The molecule has 2 aromatic heterocycles. The van der Waals surface area contributed by atoms with Crippen LogP contribution in [0.25, 0.3) is 11.1 Å². The molecule has 3 heterocycles.